The van der Waals surface area contributed by atoms with Crippen LogP contribution in [0.2, 0.25) is 10.0 Å². The molecular formula is C21H21Cl2NO3S2. The van der Waals surface area contributed by atoms with Crippen LogP contribution in [-0.2, 0) is 20.9 Å². The van der Waals surface area contributed by atoms with Crippen molar-refractivity contribution in [1.29, 1.82) is 0 Å². The number of allylic oxidation sites excluding steroid dienone is 4. The number of amides is 1. The fraction of sp³-hybridized carbons (Fsp3) is 0.238. The van der Waals surface area contributed by atoms with Gasteiger partial charge >= 0.3 is 0 Å². The van der Waals surface area contributed by atoms with Crippen molar-refractivity contribution in [2.75, 3.05) is 13.7 Å². The normalized spacial score (nSPS) is 16.6. The zero-order chi connectivity index (χ0) is 21.4. The van der Waals surface area contributed by atoms with Crippen molar-refractivity contribution >= 4 is 57.4 Å². The van der Waals surface area contributed by atoms with Gasteiger partial charge in [0, 0.05) is 22.2 Å². The maximum Gasteiger partial charge on any atom is 0.265 e. The molecule has 0 aliphatic carbocycles. The van der Waals surface area contributed by atoms with E-state index in [0.717, 1.165) is 5.56 Å². The lowest BCUT2D eigenvalue weighted by molar-refractivity contribution is -0.122. The molecule has 2 rings (SSSR count). The topological polar surface area (TPSA) is 38.8 Å². The summed E-state index contributed by atoms with van der Waals surface area (Å²) >= 11 is 18.7. The molecule has 0 unspecified atom stereocenters. The van der Waals surface area contributed by atoms with Crippen molar-refractivity contribution in [2.24, 2.45) is 0 Å². The zero-order valence-corrected chi connectivity index (χ0v) is 19.3. The number of thioether (sulfide) groups is 1. The maximum atomic E-state index is 12.2. The lowest BCUT2D eigenvalue weighted by Gasteiger charge is -2.12. The van der Waals surface area contributed by atoms with Gasteiger partial charge in [0.25, 0.3) is 5.91 Å². The van der Waals surface area contributed by atoms with E-state index < -0.39 is 0 Å². The molecule has 29 heavy (non-hydrogen) atoms. The lowest BCUT2D eigenvalue weighted by atomic mass is 10.2. The Morgan fingerprint density at radius 3 is 2.69 bits per heavy atom. The van der Waals surface area contributed by atoms with E-state index in [4.69, 9.17) is 44.9 Å². The standard InChI is InChI=1S/C21H21Cl2NO3S2/c1-4-17(26-3)18(27-13-14-10-11-15(22)12-16(14)23)8-6-7-9-19-20(25)24(5-2)21(28)29-19/h4,6,8-12H,1,5,7,13H2,2-3H3/b8-6-,18-17-,19-9+. The van der Waals surface area contributed by atoms with E-state index in [2.05, 4.69) is 6.58 Å². The summed E-state index contributed by atoms with van der Waals surface area (Å²) in [4.78, 5) is 14.4. The Bertz CT molecular complexity index is 894. The highest BCUT2D eigenvalue weighted by molar-refractivity contribution is 8.26. The van der Waals surface area contributed by atoms with Crippen molar-refractivity contribution in [2.45, 2.75) is 20.0 Å². The first-order valence-corrected chi connectivity index (χ1v) is 10.8. The number of likely N-dealkylation sites (N-methyl/N-ethyl adjacent to an activating group) is 1. The van der Waals surface area contributed by atoms with Gasteiger partial charge in [-0.25, -0.2) is 0 Å². The van der Waals surface area contributed by atoms with Gasteiger partial charge in [-0.3, -0.25) is 9.69 Å². The quantitative estimate of drug-likeness (QED) is 0.184. The second kappa shape index (κ2) is 11.5. The SMILES string of the molecule is C=C/C(OC)=C(\C=C/C/C=C1/SC(=S)N(CC)C1=O)OCc1ccc(Cl)cc1Cl. The van der Waals surface area contributed by atoms with Crippen LogP contribution in [0.3, 0.4) is 0 Å². The van der Waals surface area contributed by atoms with E-state index >= 15 is 0 Å². The number of hydrogen-bond acceptors (Lipinski definition) is 5. The first-order chi connectivity index (χ1) is 13.9. The Labute approximate surface area is 190 Å². The molecule has 1 saturated heterocycles. The number of ether oxygens (including phenoxy) is 2. The molecule has 4 nitrogen and oxygen atoms in total. The average Bonchev–Trinajstić information content (AvgIpc) is 2.97. The van der Waals surface area contributed by atoms with Crippen LogP contribution >= 0.6 is 47.2 Å². The molecule has 1 fully saturated rings. The smallest absolute Gasteiger partial charge is 0.265 e. The molecule has 0 aromatic heterocycles. The van der Waals surface area contributed by atoms with Gasteiger partial charge in [0.05, 0.1) is 12.0 Å². The Morgan fingerprint density at radius 2 is 2.10 bits per heavy atom. The first kappa shape index (κ1) is 23.5. The molecule has 1 aromatic carbocycles. The van der Waals surface area contributed by atoms with Gasteiger partial charge in [0.1, 0.15) is 10.9 Å². The Kier molecular flexibility index (Phi) is 9.30. The number of rotatable bonds is 9. The second-order valence-corrected chi connectivity index (χ2v) is 8.30. The summed E-state index contributed by atoms with van der Waals surface area (Å²) in [5.74, 6) is 0.940. The van der Waals surface area contributed by atoms with Crippen molar-refractivity contribution in [3.8, 4) is 0 Å². The predicted molar refractivity (Wildman–Crippen MR) is 125 cm³/mol. The van der Waals surface area contributed by atoms with E-state index in [0.29, 0.717) is 43.8 Å². The summed E-state index contributed by atoms with van der Waals surface area (Å²) in [6.45, 7) is 6.46. The summed E-state index contributed by atoms with van der Waals surface area (Å²) in [6.07, 6.45) is 7.60. The molecule has 0 bridgehead atoms. The highest BCUT2D eigenvalue weighted by Gasteiger charge is 2.30. The fourth-order valence-electron chi connectivity index (χ4n) is 2.44. The van der Waals surface area contributed by atoms with Crippen molar-refractivity contribution in [1.82, 2.24) is 4.90 Å². The highest BCUT2D eigenvalue weighted by atomic mass is 35.5. The maximum absolute atomic E-state index is 12.2. The van der Waals surface area contributed by atoms with Gasteiger partial charge in [-0.1, -0.05) is 72.0 Å². The number of benzene rings is 1. The summed E-state index contributed by atoms with van der Waals surface area (Å²) < 4.78 is 11.8. The number of nitrogens with zero attached hydrogens (tertiary/aromatic N) is 1. The number of thiocarbonyl (C=S) groups is 1. The fourth-order valence-corrected chi connectivity index (χ4v) is 4.27. The molecule has 8 heteroatoms. The second-order valence-electron chi connectivity index (χ2n) is 5.78. The van der Waals surface area contributed by atoms with Crippen LogP contribution in [0.4, 0.5) is 0 Å². The summed E-state index contributed by atoms with van der Waals surface area (Å²) in [5.41, 5.74) is 0.796. The molecule has 1 amide bonds. The van der Waals surface area contributed by atoms with Crippen LogP contribution in [0.1, 0.15) is 18.9 Å². The first-order valence-electron chi connectivity index (χ1n) is 8.79. The van der Waals surface area contributed by atoms with Crippen molar-refractivity contribution in [3.63, 3.8) is 0 Å². The number of hydrogen-bond donors (Lipinski definition) is 0. The molecule has 0 radical (unpaired) electrons. The van der Waals surface area contributed by atoms with Gasteiger partial charge < -0.3 is 9.47 Å². The van der Waals surface area contributed by atoms with E-state index in [1.807, 2.05) is 25.1 Å². The van der Waals surface area contributed by atoms with Crippen LogP contribution in [0.15, 0.2) is 65.5 Å². The third-order valence-electron chi connectivity index (χ3n) is 3.94. The van der Waals surface area contributed by atoms with Crippen LogP contribution in [0.5, 0.6) is 0 Å². The monoisotopic (exact) mass is 469 g/mol. The van der Waals surface area contributed by atoms with Crippen molar-refractivity contribution in [3.05, 3.63) is 81.1 Å². The van der Waals surface area contributed by atoms with Gasteiger partial charge in [-0.15, -0.1) is 0 Å². The van der Waals surface area contributed by atoms with Crippen LogP contribution in [0, 0.1) is 0 Å². The Hall–Kier alpha value is -1.73. The number of methoxy groups -OCH3 is 1. The molecule has 1 heterocycles. The third-order valence-corrected chi connectivity index (χ3v) is 5.96. The summed E-state index contributed by atoms with van der Waals surface area (Å²) in [7, 11) is 1.54. The minimum absolute atomic E-state index is 0.0519. The largest absolute Gasteiger partial charge is 0.493 e. The van der Waals surface area contributed by atoms with E-state index in [-0.39, 0.29) is 12.5 Å². The van der Waals surface area contributed by atoms with E-state index in [1.165, 1.54) is 11.8 Å². The van der Waals surface area contributed by atoms with Gasteiger partial charge in [-0.2, -0.15) is 0 Å². The summed E-state index contributed by atoms with van der Waals surface area (Å²) in [5, 5.41) is 1.09. The van der Waals surface area contributed by atoms with Gasteiger partial charge in [-0.05, 0) is 37.6 Å². The van der Waals surface area contributed by atoms with Gasteiger partial charge in [0.2, 0.25) is 0 Å². The van der Waals surface area contributed by atoms with Crippen LogP contribution < -0.4 is 0 Å². The minimum atomic E-state index is -0.0519. The predicted octanol–water partition coefficient (Wildman–Crippen LogP) is 6.26. The van der Waals surface area contributed by atoms with Gasteiger partial charge in [0.15, 0.2) is 11.5 Å². The van der Waals surface area contributed by atoms with Crippen molar-refractivity contribution < 1.29 is 14.3 Å². The molecule has 1 aliphatic heterocycles. The molecule has 154 valence electrons. The van der Waals surface area contributed by atoms with Crippen LogP contribution in [-0.4, -0.2) is 28.8 Å². The Morgan fingerprint density at radius 1 is 1.34 bits per heavy atom. The Balaban J connectivity index is 2.08. The molecule has 0 saturated carbocycles. The number of carbonyl (C=O) groups excluding carboxylic acids is 1. The lowest BCUT2D eigenvalue weighted by Crippen LogP contribution is -2.27. The van der Waals surface area contributed by atoms with Crippen LogP contribution in [0.25, 0.3) is 0 Å². The number of carbonyl (C=O) groups is 1. The minimum Gasteiger partial charge on any atom is -0.493 e. The molecule has 0 atom stereocenters. The molecule has 0 spiro atoms. The molecule has 1 aliphatic rings. The highest BCUT2D eigenvalue weighted by Crippen LogP contribution is 2.31. The molecule has 1 aromatic rings. The zero-order valence-electron chi connectivity index (χ0n) is 16.1. The average molecular weight is 470 g/mol. The van der Waals surface area contributed by atoms with E-state index in [1.54, 1.807) is 36.3 Å². The summed E-state index contributed by atoms with van der Waals surface area (Å²) in [6, 6.07) is 5.23. The molecule has 0 N–H and O–H groups in total. The molecular weight excluding hydrogens is 449 g/mol. The number of halogens is 2. The third kappa shape index (κ3) is 6.37. The van der Waals surface area contributed by atoms with E-state index in [9.17, 15) is 4.79 Å².